The van der Waals surface area contributed by atoms with Crippen molar-refractivity contribution in [1.82, 2.24) is 5.32 Å². The molecule has 0 aliphatic heterocycles. The second kappa shape index (κ2) is 8.71. The number of hydrogen-bond donors (Lipinski definition) is 1. The maximum atomic E-state index is 12.5. The summed E-state index contributed by atoms with van der Waals surface area (Å²) < 4.78 is 42.2. The molecule has 1 fully saturated rings. The fourth-order valence-electron chi connectivity index (χ4n) is 2.86. The number of hydrogen-bond acceptors (Lipinski definition) is 4. The maximum Gasteiger partial charge on any atom is 0.416 e. The molecule has 1 aliphatic carbocycles. The monoisotopic (exact) mass is 380 g/mol. The lowest BCUT2D eigenvalue weighted by Gasteiger charge is -2.31. The van der Waals surface area contributed by atoms with E-state index in [1.807, 2.05) is 0 Å². The Morgan fingerprint density at radius 2 is 1.81 bits per heavy atom. The first-order valence-electron chi connectivity index (χ1n) is 8.48. The molecule has 0 radical (unpaired) electrons. The van der Waals surface area contributed by atoms with E-state index in [0.717, 1.165) is 37.5 Å². The second-order valence-electron chi connectivity index (χ2n) is 6.36. The third-order valence-electron chi connectivity index (χ3n) is 4.30. The molecule has 27 heavy (non-hydrogen) atoms. The SMILES string of the molecule is N#CC1(NC(=O)COC(=O)/C=C/c2ccc(C(F)(F)F)cc2)CCCCC1. The van der Waals surface area contributed by atoms with Gasteiger partial charge in [0.25, 0.3) is 5.91 Å². The highest BCUT2D eigenvalue weighted by atomic mass is 19.4. The molecule has 8 heteroatoms. The predicted octanol–water partition coefficient (Wildman–Crippen LogP) is 3.60. The molecule has 1 aliphatic rings. The number of ether oxygens (including phenoxy) is 1. The first-order chi connectivity index (χ1) is 12.7. The van der Waals surface area contributed by atoms with Gasteiger partial charge in [-0.3, -0.25) is 4.79 Å². The van der Waals surface area contributed by atoms with E-state index in [1.165, 1.54) is 18.2 Å². The van der Waals surface area contributed by atoms with Gasteiger partial charge in [-0.1, -0.05) is 31.4 Å². The van der Waals surface area contributed by atoms with Crippen molar-refractivity contribution in [3.05, 3.63) is 41.5 Å². The van der Waals surface area contributed by atoms with E-state index in [0.29, 0.717) is 18.4 Å². The Morgan fingerprint density at radius 3 is 2.37 bits per heavy atom. The fraction of sp³-hybridized carbons (Fsp3) is 0.421. The Labute approximate surface area is 154 Å². The molecule has 0 bridgehead atoms. The molecule has 0 heterocycles. The van der Waals surface area contributed by atoms with Crippen LogP contribution in [0.25, 0.3) is 6.08 Å². The van der Waals surface area contributed by atoms with Gasteiger partial charge < -0.3 is 10.1 Å². The summed E-state index contributed by atoms with van der Waals surface area (Å²) in [5.41, 5.74) is -1.30. The zero-order valence-electron chi connectivity index (χ0n) is 14.5. The molecule has 1 aromatic rings. The van der Waals surface area contributed by atoms with Crippen molar-refractivity contribution in [2.24, 2.45) is 0 Å². The van der Waals surface area contributed by atoms with Crippen LogP contribution in [0.4, 0.5) is 13.2 Å². The van der Waals surface area contributed by atoms with Crippen molar-refractivity contribution >= 4 is 18.0 Å². The first kappa shape index (κ1) is 20.5. The molecular weight excluding hydrogens is 361 g/mol. The third-order valence-corrected chi connectivity index (χ3v) is 4.30. The zero-order chi connectivity index (χ0) is 19.9. The van der Waals surface area contributed by atoms with Gasteiger partial charge in [0.2, 0.25) is 0 Å². The smallest absolute Gasteiger partial charge is 0.416 e. The van der Waals surface area contributed by atoms with Gasteiger partial charge in [-0.2, -0.15) is 18.4 Å². The number of benzene rings is 1. The average molecular weight is 380 g/mol. The molecule has 1 saturated carbocycles. The van der Waals surface area contributed by atoms with Gasteiger partial charge in [-0.05, 0) is 36.6 Å². The van der Waals surface area contributed by atoms with Crippen molar-refractivity contribution in [2.45, 2.75) is 43.8 Å². The minimum absolute atomic E-state index is 0.384. The average Bonchev–Trinajstić information content (AvgIpc) is 2.65. The summed E-state index contributed by atoms with van der Waals surface area (Å²) in [6, 6.07) is 6.39. The van der Waals surface area contributed by atoms with Crippen LogP contribution in [0.3, 0.4) is 0 Å². The Bertz CT molecular complexity index is 743. The van der Waals surface area contributed by atoms with Crippen LogP contribution in [0, 0.1) is 11.3 Å². The number of nitrogens with one attached hydrogen (secondary N) is 1. The summed E-state index contributed by atoms with van der Waals surface area (Å²) in [6.07, 6.45) is 1.74. The minimum atomic E-state index is -4.42. The number of halogens is 3. The zero-order valence-corrected chi connectivity index (χ0v) is 14.5. The van der Waals surface area contributed by atoms with Crippen LogP contribution >= 0.6 is 0 Å². The van der Waals surface area contributed by atoms with Crippen LogP contribution in [0.2, 0.25) is 0 Å². The van der Waals surface area contributed by atoms with Crippen LogP contribution in [0.15, 0.2) is 30.3 Å². The topological polar surface area (TPSA) is 79.2 Å². The van der Waals surface area contributed by atoms with E-state index >= 15 is 0 Å². The van der Waals surface area contributed by atoms with E-state index in [-0.39, 0.29) is 0 Å². The van der Waals surface area contributed by atoms with Crippen LogP contribution in [-0.2, 0) is 20.5 Å². The first-order valence-corrected chi connectivity index (χ1v) is 8.48. The minimum Gasteiger partial charge on any atom is -0.452 e. The lowest BCUT2D eigenvalue weighted by atomic mass is 9.83. The lowest BCUT2D eigenvalue weighted by Crippen LogP contribution is -2.49. The molecule has 1 amide bonds. The van der Waals surface area contributed by atoms with E-state index in [2.05, 4.69) is 11.4 Å². The van der Waals surface area contributed by atoms with E-state index in [1.54, 1.807) is 0 Å². The molecule has 0 atom stereocenters. The van der Waals surface area contributed by atoms with Gasteiger partial charge in [-0.15, -0.1) is 0 Å². The molecule has 0 unspecified atom stereocenters. The van der Waals surface area contributed by atoms with Gasteiger partial charge in [-0.25, -0.2) is 4.79 Å². The number of alkyl halides is 3. The normalized spacial score (nSPS) is 16.5. The molecule has 144 valence electrons. The van der Waals surface area contributed by atoms with Gasteiger partial charge in [0.05, 0.1) is 11.6 Å². The van der Waals surface area contributed by atoms with Gasteiger partial charge in [0.15, 0.2) is 6.61 Å². The lowest BCUT2D eigenvalue weighted by molar-refractivity contribution is -0.144. The van der Waals surface area contributed by atoms with Crippen LogP contribution < -0.4 is 5.32 Å². The maximum absolute atomic E-state index is 12.5. The number of carbonyl (C=O) groups excluding carboxylic acids is 2. The number of esters is 1. The molecule has 0 saturated heterocycles. The Balaban J connectivity index is 1.82. The second-order valence-corrected chi connectivity index (χ2v) is 6.36. The summed E-state index contributed by atoms with van der Waals surface area (Å²) in [7, 11) is 0. The standard InChI is InChI=1S/C19H19F3N2O3/c20-19(21,22)15-7-4-14(5-8-15)6-9-17(26)27-12-16(25)24-18(13-23)10-2-1-3-11-18/h4-9H,1-3,10-12H2,(H,24,25)/b9-6+. The molecule has 1 aromatic carbocycles. The highest BCUT2D eigenvalue weighted by Crippen LogP contribution is 2.29. The Morgan fingerprint density at radius 1 is 1.19 bits per heavy atom. The van der Waals surface area contributed by atoms with Crippen molar-refractivity contribution in [3.63, 3.8) is 0 Å². The predicted molar refractivity (Wildman–Crippen MR) is 91.0 cm³/mol. The summed E-state index contributed by atoms with van der Waals surface area (Å²) in [6.45, 7) is -0.528. The summed E-state index contributed by atoms with van der Waals surface area (Å²) in [4.78, 5) is 23.6. The number of rotatable bonds is 5. The van der Waals surface area contributed by atoms with Gasteiger partial charge in [0, 0.05) is 6.08 Å². The fourth-order valence-corrected chi connectivity index (χ4v) is 2.86. The van der Waals surface area contributed by atoms with Gasteiger partial charge >= 0.3 is 12.1 Å². The summed E-state index contributed by atoms with van der Waals surface area (Å²) in [5, 5.41) is 11.9. The Kier molecular flexibility index (Phi) is 6.61. The molecule has 0 aromatic heterocycles. The highest BCUT2D eigenvalue weighted by Gasteiger charge is 2.33. The van der Waals surface area contributed by atoms with Gasteiger partial charge in [0.1, 0.15) is 5.54 Å². The molecule has 5 nitrogen and oxygen atoms in total. The molecule has 0 spiro atoms. The van der Waals surface area contributed by atoms with E-state index in [9.17, 15) is 28.0 Å². The number of nitrogens with zero attached hydrogens (tertiary/aromatic N) is 1. The van der Waals surface area contributed by atoms with Crippen LogP contribution in [0.5, 0.6) is 0 Å². The summed E-state index contributed by atoms with van der Waals surface area (Å²) in [5.74, 6) is -1.37. The van der Waals surface area contributed by atoms with Crippen molar-refractivity contribution in [2.75, 3.05) is 6.61 Å². The van der Waals surface area contributed by atoms with Crippen molar-refractivity contribution in [1.29, 1.82) is 5.26 Å². The van der Waals surface area contributed by atoms with Crippen LogP contribution in [-0.4, -0.2) is 24.0 Å². The third kappa shape index (κ3) is 6.13. The highest BCUT2D eigenvalue weighted by molar-refractivity contribution is 5.89. The number of amides is 1. The van der Waals surface area contributed by atoms with Crippen molar-refractivity contribution in [3.8, 4) is 6.07 Å². The number of carbonyl (C=O) groups is 2. The number of nitriles is 1. The summed E-state index contributed by atoms with van der Waals surface area (Å²) >= 11 is 0. The van der Waals surface area contributed by atoms with Crippen LogP contribution in [0.1, 0.15) is 43.2 Å². The largest absolute Gasteiger partial charge is 0.452 e. The molecular formula is C19H19F3N2O3. The van der Waals surface area contributed by atoms with E-state index in [4.69, 9.17) is 4.74 Å². The quantitative estimate of drug-likeness (QED) is 0.625. The molecule has 1 N–H and O–H groups in total. The van der Waals surface area contributed by atoms with E-state index < -0.39 is 35.8 Å². The molecule has 2 rings (SSSR count). The van der Waals surface area contributed by atoms with Crippen molar-refractivity contribution < 1.29 is 27.5 Å². The Hall–Kier alpha value is -2.82.